The normalized spacial score (nSPS) is 21.9. The van der Waals surface area contributed by atoms with Gasteiger partial charge in [-0.15, -0.1) is 0 Å². The van der Waals surface area contributed by atoms with Crippen LogP contribution >= 0.6 is 0 Å². The molecular weight excluding hydrogens is 308 g/mol. The van der Waals surface area contributed by atoms with Crippen molar-refractivity contribution < 1.29 is 19.1 Å². The van der Waals surface area contributed by atoms with Gasteiger partial charge in [0.05, 0.1) is 6.26 Å². The largest absolute Gasteiger partial charge is 0.466 e. The van der Waals surface area contributed by atoms with E-state index in [2.05, 4.69) is 5.32 Å². The lowest BCUT2D eigenvalue weighted by Crippen LogP contribution is -2.41. The van der Waals surface area contributed by atoms with Crippen molar-refractivity contribution in [1.82, 2.24) is 10.2 Å². The molecule has 2 rings (SSSR count). The van der Waals surface area contributed by atoms with E-state index < -0.39 is 11.2 Å². The SMILES string of the molecule is CC(C)(C)OC(=O)N1CCC[C@H](NC[C@](C)(O)c2ccco2)CC1. The average molecular weight is 338 g/mol. The molecule has 136 valence electrons. The van der Waals surface area contributed by atoms with Crippen molar-refractivity contribution in [2.75, 3.05) is 19.6 Å². The van der Waals surface area contributed by atoms with Gasteiger partial charge in [-0.3, -0.25) is 0 Å². The van der Waals surface area contributed by atoms with Crippen LogP contribution in [0.2, 0.25) is 0 Å². The first-order chi connectivity index (χ1) is 11.2. The number of carbonyl (C=O) groups is 1. The van der Waals surface area contributed by atoms with E-state index in [0.717, 1.165) is 19.3 Å². The van der Waals surface area contributed by atoms with E-state index in [9.17, 15) is 9.90 Å². The topological polar surface area (TPSA) is 74.9 Å². The molecule has 1 saturated heterocycles. The molecule has 6 heteroatoms. The van der Waals surface area contributed by atoms with E-state index in [1.807, 2.05) is 20.8 Å². The summed E-state index contributed by atoms with van der Waals surface area (Å²) >= 11 is 0. The summed E-state index contributed by atoms with van der Waals surface area (Å²) in [5.41, 5.74) is -1.51. The highest BCUT2D eigenvalue weighted by Gasteiger charge is 2.29. The second-order valence-corrected chi connectivity index (χ2v) is 7.73. The van der Waals surface area contributed by atoms with Gasteiger partial charge in [0.25, 0.3) is 0 Å². The third kappa shape index (κ3) is 5.53. The number of amides is 1. The molecule has 0 aromatic carbocycles. The Kier molecular flexibility index (Phi) is 5.93. The van der Waals surface area contributed by atoms with Gasteiger partial charge >= 0.3 is 6.09 Å². The number of likely N-dealkylation sites (tertiary alicyclic amines) is 1. The first-order valence-electron chi connectivity index (χ1n) is 8.65. The summed E-state index contributed by atoms with van der Waals surface area (Å²) in [6.07, 6.45) is 4.04. The first-order valence-corrected chi connectivity index (χ1v) is 8.65. The van der Waals surface area contributed by atoms with E-state index in [4.69, 9.17) is 9.15 Å². The third-order valence-corrected chi connectivity index (χ3v) is 4.17. The standard InChI is InChI=1S/C18H30N2O4/c1-17(2,3)24-16(21)20-10-5-7-14(9-11-20)19-13-18(4,22)15-8-6-12-23-15/h6,8,12,14,19,22H,5,7,9-11,13H2,1-4H3/t14-,18-/m0/s1. The van der Waals surface area contributed by atoms with Crippen molar-refractivity contribution >= 4 is 6.09 Å². The molecule has 1 aromatic heterocycles. The minimum Gasteiger partial charge on any atom is -0.466 e. The van der Waals surface area contributed by atoms with E-state index in [1.54, 1.807) is 30.2 Å². The Morgan fingerprint density at radius 1 is 1.38 bits per heavy atom. The molecule has 1 aromatic rings. The Morgan fingerprint density at radius 3 is 2.75 bits per heavy atom. The van der Waals surface area contributed by atoms with Crippen molar-refractivity contribution in [3.63, 3.8) is 0 Å². The summed E-state index contributed by atoms with van der Waals surface area (Å²) in [6, 6.07) is 3.81. The lowest BCUT2D eigenvalue weighted by molar-refractivity contribution is 0.0245. The zero-order chi connectivity index (χ0) is 17.8. The maximum Gasteiger partial charge on any atom is 0.410 e. The number of rotatable bonds is 4. The minimum absolute atomic E-state index is 0.245. The lowest BCUT2D eigenvalue weighted by Gasteiger charge is -2.27. The minimum atomic E-state index is -1.04. The van der Waals surface area contributed by atoms with Gasteiger partial charge in [0, 0.05) is 25.7 Å². The molecule has 0 aliphatic carbocycles. The molecule has 1 amide bonds. The Bertz CT molecular complexity index is 520. The molecule has 6 nitrogen and oxygen atoms in total. The van der Waals surface area contributed by atoms with Gasteiger partial charge in [-0.2, -0.15) is 0 Å². The summed E-state index contributed by atoms with van der Waals surface area (Å²) in [4.78, 5) is 14.0. The summed E-state index contributed by atoms with van der Waals surface area (Å²) in [6.45, 7) is 9.16. The highest BCUT2D eigenvalue weighted by Crippen LogP contribution is 2.21. The fourth-order valence-electron chi connectivity index (χ4n) is 2.82. The van der Waals surface area contributed by atoms with Gasteiger partial charge in [0.2, 0.25) is 0 Å². The van der Waals surface area contributed by atoms with Crippen LogP contribution in [0.5, 0.6) is 0 Å². The summed E-state index contributed by atoms with van der Waals surface area (Å²) in [5.74, 6) is 0.555. The van der Waals surface area contributed by atoms with Crippen LogP contribution < -0.4 is 5.32 Å². The van der Waals surface area contributed by atoms with Crippen LogP contribution in [0.15, 0.2) is 22.8 Å². The van der Waals surface area contributed by atoms with Crippen LogP contribution in [0, 0.1) is 0 Å². The third-order valence-electron chi connectivity index (χ3n) is 4.17. The molecule has 0 unspecified atom stereocenters. The van der Waals surface area contributed by atoms with Gasteiger partial charge in [0.1, 0.15) is 17.0 Å². The molecule has 2 N–H and O–H groups in total. The molecule has 1 aliphatic heterocycles. The van der Waals surface area contributed by atoms with Crippen LogP contribution in [0.1, 0.15) is 52.7 Å². The number of hydrogen-bond donors (Lipinski definition) is 2. The van der Waals surface area contributed by atoms with Crippen molar-refractivity contribution in [3.05, 3.63) is 24.2 Å². The first kappa shape index (κ1) is 18.8. The number of hydrogen-bond acceptors (Lipinski definition) is 5. The average Bonchev–Trinajstić information content (AvgIpc) is 2.90. The molecule has 0 saturated carbocycles. The van der Waals surface area contributed by atoms with Crippen LogP contribution in [-0.2, 0) is 10.3 Å². The highest BCUT2D eigenvalue weighted by atomic mass is 16.6. The summed E-state index contributed by atoms with van der Waals surface area (Å²) in [5, 5.41) is 13.9. The zero-order valence-corrected chi connectivity index (χ0v) is 15.2. The molecule has 0 bridgehead atoms. The van der Waals surface area contributed by atoms with Crippen LogP contribution in [-0.4, -0.2) is 47.4 Å². The van der Waals surface area contributed by atoms with Crippen LogP contribution in [0.25, 0.3) is 0 Å². The van der Waals surface area contributed by atoms with Gasteiger partial charge in [-0.05, 0) is 59.1 Å². The quantitative estimate of drug-likeness (QED) is 0.883. The highest BCUT2D eigenvalue weighted by molar-refractivity contribution is 5.68. The molecular formula is C18H30N2O4. The van der Waals surface area contributed by atoms with E-state index in [-0.39, 0.29) is 12.1 Å². The van der Waals surface area contributed by atoms with Crippen molar-refractivity contribution in [3.8, 4) is 0 Å². The second kappa shape index (κ2) is 7.57. The number of carbonyl (C=O) groups excluding carboxylic acids is 1. The lowest BCUT2D eigenvalue weighted by atomic mass is 10.0. The second-order valence-electron chi connectivity index (χ2n) is 7.73. The zero-order valence-electron chi connectivity index (χ0n) is 15.2. The predicted octanol–water partition coefficient (Wildman–Crippen LogP) is 2.87. The monoisotopic (exact) mass is 338 g/mol. The molecule has 0 radical (unpaired) electrons. The van der Waals surface area contributed by atoms with Gasteiger partial charge in [-0.25, -0.2) is 4.79 Å². The van der Waals surface area contributed by atoms with Gasteiger partial charge in [-0.1, -0.05) is 0 Å². The number of nitrogens with one attached hydrogen (secondary N) is 1. The smallest absolute Gasteiger partial charge is 0.410 e. The fourth-order valence-corrected chi connectivity index (χ4v) is 2.82. The van der Waals surface area contributed by atoms with E-state index in [0.29, 0.717) is 25.4 Å². The number of aliphatic hydroxyl groups is 1. The summed E-state index contributed by atoms with van der Waals surface area (Å²) < 4.78 is 10.7. The van der Waals surface area contributed by atoms with E-state index in [1.165, 1.54) is 0 Å². The Balaban J connectivity index is 1.82. The maximum atomic E-state index is 12.2. The van der Waals surface area contributed by atoms with Crippen LogP contribution in [0.4, 0.5) is 4.79 Å². The van der Waals surface area contributed by atoms with Gasteiger partial charge in [0.15, 0.2) is 0 Å². The molecule has 1 aliphatic rings. The Labute approximate surface area is 144 Å². The number of nitrogens with zero attached hydrogens (tertiary/aromatic N) is 1. The molecule has 24 heavy (non-hydrogen) atoms. The Hall–Kier alpha value is -1.53. The molecule has 2 heterocycles. The maximum absolute atomic E-state index is 12.2. The van der Waals surface area contributed by atoms with Gasteiger partial charge < -0.3 is 24.5 Å². The number of ether oxygens (including phenoxy) is 1. The van der Waals surface area contributed by atoms with Crippen LogP contribution in [0.3, 0.4) is 0 Å². The molecule has 0 spiro atoms. The summed E-state index contributed by atoms with van der Waals surface area (Å²) in [7, 11) is 0. The predicted molar refractivity (Wildman–Crippen MR) is 91.7 cm³/mol. The van der Waals surface area contributed by atoms with Crippen molar-refractivity contribution in [1.29, 1.82) is 0 Å². The van der Waals surface area contributed by atoms with E-state index >= 15 is 0 Å². The molecule has 1 fully saturated rings. The molecule has 2 atom stereocenters. The fraction of sp³-hybridized carbons (Fsp3) is 0.722. The Morgan fingerprint density at radius 2 is 2.12 bits per heavy atom. The van der Waals surface area contributed by atoms with Crippen molar-refractivity contribution in [2.45, 2.75) is 64.2 Å². The van der Waals surface area contributed by atoms with Crippen molar-refractivity contribution in [2.24, 2.45) is 0 Å². The number of furan rings is 1.